The highest BCUT2D eigenvalue weighted by molar-refractivity contribution is 9.11. The number of rotatable bonds is 8. The normalized spacial score (nSPS) is 31.6. The molecule has 4 aliphatic heterocycles. The van der Waals surface area contributed by atoms with Gasteiger partial charge in [0, 0.05) is 41.9 Å². The monoisotopic (exact) mass is 714 g/mol. The first-order chi connectivity index (χ1) is 22.5. The van der Waals surface area contributed by atoms with Gasteiger partial charge in [-0.2, -0.15) is 0 Å². The Bertz CT molecular complexity index is 1410. The molecule has 8 atom stereocenters. The van der Waals surface area contributed by atoms with Crippen LogP contribution in [-0.4, -0.2) is 96.4 Å². The molecular weight excluding hydrogens is 668 g/mol. The van der Waals surface area contributed by atoms with Crippen LogP contribution < -0.4 is 15.1 Å². The van der Waals surface area contributed by atoms with Gasteiger partial charge in [0.05, 0.1) is 25.1 Å². The molecule has 5 bridgehead atoms. The van der Waals surface area contributed by atoms with Crippen LogP contribution in [0.1, 0.15) is 53.9 Å². The molecule has 0 unspecified atom stereocenters. The second-order valence-electron chi connectivity index (χ2n) is 12.9. The van der Waals surface area contributed by atoms with Crippen LogP contribution in [0.25, 0.3) is 0 Å². The molecule has 1 aromatic rings. The van der Waals surface area contributed by atoms with Crippen molar-refractivity contribution in [2.24, 2.45) is 17.8 Å². The lowest BCUT2D eigenvalue weighted by Gasteiger charge is -2.40. The van der Waals surface area contributed by atoms with E-state index in [2.05, 4.69) is 40.0 Å². The van der Waals surface area contributed by atoms with Crippen molar-refractivity contribution in [1.29, 1.82) is 0 Å². The molecule has 2 fully saturated rings. The summed E-state index contributed by atoms with van der Waals surface area (Å²) < 4.78 is 13.0. The van der Waals surface area contributed by atoms with Crippen molar-refractivity contribution in [3.05, 3.63) is 47.0 Å². The number of amides is 3. The maximum Gasteiger partial charge on any atom is 0.313 e. The predicted molar refractivity (Wildman–Crippen MR) is 182 cm³/mol. The molecule has 0 radical (unpaired) electrons. The largest absolute Gasteiger partial charge is 0.460 e. The number of aliphatic hydroxyl groups excluding tert-OH is 1. The zero-order chi connectivity index (χ0) is 34.0. The van der Waals surface area contributed by atoms with Crippen molar-refractivity contribution in [1.82, 2.24) is 10.2 Å². The number of halogens is 1. The second-order valence-corrected chi connectivity index (χ2v) is 13.8. The number of anilines is 2. The van der Waals surface area contributed by atoms with Gasteiger partial charge in [-0.15, -0.1) is 0 Å². The molecule has 5 rings (SSSR count). The lowest BCUT2D eigenvalue weighted by atomic mass is 9.74. The highest BCUT2D eigenvalue weighted by atomic mass is 79.9. The molecule has 0 saturated carbocycles. The molecule has 4 aliphatic rings. The number of hydrogen-bond acceptors (Lipinski definition) is 8. The van der Waals surface area contributed by atoms with Crippen LogP contribution in [0.4, 0.5) is 11.4 Å². The molecule has 12 heteroatoms. The van der Waals surface area contributed by atoms with Crippen LogP contribution in [0.3, 0.4) is 0 Å². The second kappa shape index (κ2) is 14.5. The summed E-state index contributed by atoms with van der Waals surface area (Å²) in [6, 6.07) is 5.89. The first-order valence-electron chi connectivity index (χ1n) is 16.8. The van der Waals surface area contributed by atoms with Crippen LogP contribution in [0.2, 0.25) is 0 Å². The lowest BCUT2D eigenvalue weighted by molar-refractivity contribution is -0.159. The molecule has 1 aromatic carbocycles. The van der Waals surface area contributed by atoms with Crippen molar-refractivity contribution in [3.8, 4) is 0 Å². The Hall–Kier alpha value is -3.22. The number of aliphatic hydroxyl groups is 1. The van der Waals surface area contributed by atoms with Crippen LogP contribution in [0.15, 0.2) is 47.0 Å². The van der Waals surface area contributed by atoms with Crippen molar-refractivity contribution in [3.63, 3.8) is 0 Å². The average molecular weight is 716 g/mol. The molecular formula is C35H47BrN4O7. The van der Waals surface area contributed by atoms with Crippen LogP contribution in [0.5, 0.6) is 0 Å². The number of cyclic esters (lactones) is 1. The Morgan fingerprint density at radius 2 is 1.79 bits per heavy atom. The number of hydrogen-bond donors (Lipinski definition) is 2. The third kappa shape index (κ3) is 6.36. The summed E-state index contributed by atoms with van der Waals surface area (Å²) in [5.41, 5.74) is 0.186. The minimum atomic E-state index is -1.46. The number of fused-ring (bicyclic) bond motifs is 2. The van der Waals surface area contributed by atoms with Gasteiger partial charge in [0.1, 0.15) is 29.8 Å². The molecule has 0 aliphatic carbocycles. The molecule has 0 aromatic heterocycles. The van der Waals surface area contributed by atoms with Crippen LogP contribution >= 0.6 is 15.9 Å². The van der Waals surface area contributed by atoms with E-state index in [-0.39, 0.29) is 43.8 Å². The summed E-state index contributed by atoms with van der Waals surface area (Å²) in [6.45, 7) is 11.4. The third-order valence-corrected chi connectivity index (χ3v) is 10.8. The fourth-order valence-corrected chi connectivity index (χ4v) is 8.19. The van der Waals surface area contributed by atoms with E-state index < -0.39 is 53.6 Å². The number of likely N-dealkylation sites (tertiary alicyclic amines) is 1. The van der Waals surface area contributed by atoms with Gasteiger partial charge in [-0.3, -0.25) is 19.2 Å². The highest BCUT2D eigenvalue weighted by Gasteiger charge is 2.75. The fourth-order valence-electron chi connectivity index (χ4n) is 7.46. The Balaban J connectivity index is 1.65. The molecule has 256 valence electrons. The van der Waals surface area contributed by atoms with E-state index in [1.165, 1.54) is 4.90 Å². The molecule has 3 amide bonds. The van der Waals surface area contributed by atoms with Gasteiger partial charge in [0.15, 0.2) is 0 Å². The van der Waals surface area contributed by atoms with Crippen molar-refractivity contribution in [2.45, 2.75) is 83.8 Å². The van der Waals surface area contributed by atoms with Gasteiger partial charge in [0.25, 0.3) is 5.91 Å². The number of carbonyl (C=O) groups is 4. The van der Waals surface area contributed by atoms with Gasteiger partial charge < -0.3 is 34.6 Å². The van der Waals surface area contributed by atoms with E-state index in [1.54, 1.807) is 17.9 Å². The molecule has 2 N–H and O–H groups in total. The Labute approximate surface area is 285 Å². The first-order valence-corrected chi connectivity index (χ1v) is 17.6. The van der Waals surface area contributed by atoms with Crippen LogP contribution in [-0.2, 0) is 28.7 Å². The number of allylic oxidation sites excluding steroid dienone is 1. The summed E-state index contributed by atoms with van der Waals surface area (Å²) in [6.07, 6.45) is 5.37. The zero-order valence-electron chi connectivity index (χ0n) is 27.9. The molecule has 2 saturated heterocycles. The van der Waals surface area contributed by atoms with E-state index >= 15 is 4.79 Å². The van der Waals surface area contributed by atoms with E-state index in [0.717, 1.165) is 18.8 Å². The SMILES string of the molecule is CC[C@H](C)[C@H](CO)N1C(=O)[C@H]2[C@@H]3C(=O)O[C@H](C)CNC(=O)CC/C=C\CN(c4ccc(N(CC)CC)cc4)C(=O)[C@H]1[C@@]21C=C(Br)[C@@H]3O1. The average Bonchev–Trinajstić information content (AvgIpc) is 3.65. The van der Waals surface area contributed by atoms with Gasteiger partial charge in [-0.05, 0) is 63.5 Å². The summed E-state index contributed by atoms with van der Waals surface area (Å²) in [7, 11) is 0. The maximum absolute atomic E-state index is 15.1. The minimum Gasteiger partial charge on any atom is -0.460 e. The first kappa shape index (κ1) is 35.1. The van der Waals surface area contributed by atoms with Gasteiger partial charge in [-0.25, -0.2) is 0 Å². The van der Waals surface area contributed by atoms with Crippen LogP contribution in [0, 0.1) is 17.8 Å². The Morgan fingerprint density at radius 1 is 1.09 bits per heavy atom. The molecule has 47 heavy (non-hydrogen) atoms. The Kier molecular flexibility index (Phi) is 10.8. The molecule has 11 nitrogen and oxygen atoms in total. The van der Waals surface area contributed by atoms with Crippen molar-refractivity contribution in [2.75, 3.05) is 42.6 Å². The van der Waals surface area contributed by atoms with E-state index in [9.17, 15) is 19.5 Å². The standard InChI is InChI=1S/C35H47BrN4O7/c1-6-21(4)26(20-41)40-31-33(44)39(24-15-13-23(14-16-24)38(7-2)8-3)17-11-9-10-12-27(42)37-19-22(5)46-34(45)28-29(32(40)43)35(31)18-25(36)30(28)47-35/h9,11,13-16,18,21-22,26,28-31,41H,6-8,10,12,17,19-20H2,1-5H3,(H,37,42)/b11-9-/t21-,22+,26-,28-,29+,30-,31-,35+/m0/s1. The number of nitrogens with zero attached hydrogens (tertiary/aromatic N) is 3. The zero-order valence-corrected chi connectivity index (χ0v) is 29.4. The number of esters is 1. The highest BCUT2D eigenvalue weighted by Crippen LogP contribution is 2.59. The summed E-state index contributed by atoms with van der Waals surface area (Å²) in [5.74, 6) is -3.81. The van der Waals surface area contributed by atoms with Gasteiger partial charge in [-0.1, -0.05) is 48.4 Å². The number of benzene rings is 1. The number of ether oxygens (including phenoxy) is 2. The van der Waals surface area contributed by atoms with Crippen molar-refractivity contribution >= 4 is 51.0 Å². The summed E-state index contributed by atoms with van der Waals surface area (Å²) >= 11 is 3.58. The van der Waals surface area contributed by atoms with Crippen molar-refractivity contribution < 1.29 is 33.8 Å². The predicted octanol–water partition coefficient (Wildman–Crippen LogP) is 3.54. The van der Waals surface area contributed by atoms with E-state index in [0.29, 0.717) is 23.0 Å². The smallest absolute Gasteiger partial charge is 0.313 e. The summed E-state index contributed by atoms with van der Waals surface area (Å²) in [5, 5.41) is 13.5. The summed E-state index contributed by atoms with van der Waals surface area (Å²) in [4.78, 5) is 61.4. The quantitative estimate of drug-likeness (QED) is 0.309. The Morgan fingerprint density at radius 3 is 2.43 bits per heavy atom. The third-order valence-electron chi connectivity index (χ3n) is 10.2. The lowest BCUT2D eigenvalue weighted by Crippen LogP contribution is -2.59. The fraction of sp³-hybridized carbons (Fsp3) is 0.600. The van der Waals surface area contributed by atoms with Gasteiger partial charge in [0.2, 0.25) is 11.8 Å². The topological polar surface area (TPSA) is 129 Å². The molecule has 1 spiro atoms. The van der Waals surface area contributed by atoms with Gasteiger partial charge >= 0.3 is 5.97 Å². The van der Waals surface area contributed by atoms with E-state index in [4.69, 9.17) is 9.47 Å². The molecule has 4 heterocycles. The number of carbonyl (C=O) groups excluding carboxylic acids is 4. The maximum atomic E-state index is 15.1. The van der Waals surface area contributed by atoms with E-state index in [1.807, 2.05) is 50.3 Å². The minimum absolute atomic E-state index is 0.123. The number of nitrogens with one attached hydrogen (secondary N) is 1.